The molecule has 0 atom stereocenters. The zero-order valence-corrected chi connectivity index (χ0v) is 15.1. The first-order valence-corrected chi connectivity index (χ1v) is 8.96. The number of hydrogen-bond donors (Lipinski definition) is 1. The number of carbonyl (C=O) groups is 1. The molecule has 1 aliphatic heterocycles. The van der Waals surface area contributed by atoms with Crippen LogP contribution in [-0.2, 0) is 11.3 Å². The third-order valence-corrected chi connectivity index (χ3v) is 4.30. The zero-order chi connectivity index (χ0) is 16.7. The predicted octanol–water partition coefficient (Wildman–Crippen LogP) is 3.88. The molecule has 0 spiro atoms. The molecule has 1 amide bonds. The molecule has 0 radical (unpaired) electrons. The number of likely N-dealkylation sites (tertiary alicyclic amines) is 1. The van der Waals surface area contributed by atoms with Gasteiger partial charge in [-0.05, 0) is 37.9 Å². The molecule has 1 heterocycles. The fourth-order valence-electron chi connectivity index (χ4n) is 2.67. The fourth-order valence-corrected chi connectivity index (χ4v) is 3.26. The molecule has 128 valence electrons. The van der Waals surface area contributed by atoms with Crippen LogP contribution >= 0.6 is 23.2 Å². The van der Waals surface area contributed by atoms with E-state index in [4.69, 9.17) is 27.9 Å². The molecular weight excluding hydrogens is 335 g/mol. The Morgan fingerprint density at radius 1 is 1.35 bits per heavy atom. The second kappa shape index (κ2) is 9.36. The van der Waals surface area contributed by atoms with Crippen molar-refractivity contribution in [1.29, 1.82) is 0 Å². The number of hydrogen-bond acceptors (Lipinski definition) is 3. The standard InChI is InChI=1S/C17H24Cl2N2O2/c1-2-9-23-17-13(10-14(18)11-15(17)19)12-20-6-4-8-21-7-3-5-16(21)22/h10-11,20H,2-9,12H2,1H3. The number of benzene rings is 1. The van der Waals surface area contributed by atoms with Crippen molar-refractivity contribution in [3.63, 3.8) is 0 Å². The first-order valence-electron chi connectivity index (χ1n) is 8.21. The third kappa shape index (κ3) is 5.55. The predicted molar refractivity (Wildman–Crippen MR) is 94.4 cm³/mol. The van der Waals surface area contributed by atoms with Gasteiger partial charge in [0.05, 0.1) is 11.6 Å². The Bertz CT molecular complexity index is 538. The SMILES string of the molecule is CCCOc1c(Cl)cc(Cl)cc1CNCCCN1CCCC1=O. The van der Waals surface area contributed by atoms with Gasteiger partial charge in [-0.1, -0.05) is 30.1 Å². The van der Waals surface area contributed by atoms with Crippen molar-refractivity contribution in [2.24, 2.45) is 0 Å². The minimum Gasteiger partial charge on any atom is -0.492 e. The number of halogens is 2. The van der Waals surface area contributed by atoms with Gasteiger partial charge in [-0.3, -0.25) is 4.79 Å². The first-order chi connectivity index (χ1) is 11.1. The van der Waals surface area contributed by atoms with Crippen LogP contribution in [0.25, 0.3) is 0 Å². The van der Waals surface area contributed by atoms with Crippen LogP contribution in [0.15, 0.2) is 12.1 Å². The fraction of sp³-hybridized carbons (Fsp3) is 0.588. The van der Waals surface area contributed by atoms with E-state index in [1.807, 2.05) is 11.0 Å². The van der Waals surface area contributed by atoms with Crippen molar-refractivity contribution < 1.29 is 9.53 Å². The number of nitrogens with zero attached hydrogens (tertiary/aromatic N) is 1. The van der Waals surface area contributed by atoms with Crippen LogP contribution in [0, 0.1) is 0 Å². The minimum atomic E-state index is 0.280. The Labute approximate surface area is 148 Å². The molecule has 0 aromatic heterocycles. The van der Waals surface area contributed by atoms with E-state index in [2.05, 4.69) is 12.2 Å². The van der Waals surface area contributed by atoms with Gasteiger partial charge in [0.15, 0.2) is 0 Å². The van der Waals surface area contributed by atoms with Crippen LogP contribution in [0.2, 0.25) is 10.0 Å². The van der Waals surface area contributed by atoms with Crippen LogP contribution in [0.5, 0.6) is 5.75 Å². The van der Waals surface area contributed by atoms with Crippen molar-refractivity contribution in [1.82, 2.24) is 10.2 Å². The highest BCUT2D eigenvalue weighted by Gasteiger charge is 2.18. The lowest BCUT2D eigenvalue weighted by molar-refractivity contribution is -0.127. The molecule has 1 aromatic carbocycles. The van der Waals surface area contributed by atoms with E-state index < -0.39 is 0 Å². The van der Waals surface area contributed by atoms with E-state index in [1.165, 1.54) is 0 Å². The van der Waals surface area contributed by atoms with Crippen LogP contribution in [0.1, 0.15) is 38.2 Å². The highest BCUT2D eigenvalue weighted by molar-refractivity contribution is 6.35. The van der Waals surface area contributed by atoms with Gasteiger partial charge in [-0.15, -0.1) is 0 Å². The number of carbonyl (C=O) groups excluding carboxylic acids is 1. The maximum atomic E-state index is 11.5. The molecule has 0 unspecified atom stereocenters. The second-order valence-electron chi connectivity index (χ2n) is 5.74. The van der Waals surface area contributed by atoms with E-state index in [9.17, 15) is 4.79 Å². The number of rotatable bonds is 9. The summed E-state index contributed by atoms with van der Waals surface area (Å²) in [5.41, 5.74) is 0.966. The van der Waals surface area contributed by atoms with Gasteiger partial charge in [0.2, 0.25) is 5.91 Å². The Balaban J connectivity index is 1.81. The molecule has 4 nitrogen and oxygen atoms in total. The lowest BCUT2D eigenvalue weighted by Crippen LogP contribution is -2.28. The summed E-state index contributed by atoms with van der Waals surface area (Å²) in [6, 6.07) is 3.59. The lowest BCUT2D eigenvalue weighted by Gasteiger charge is -2.16. The molecule has 0 aliphatic carbocycles. The van der Waals surface area contributed by atoms with Crippen molar-refractivity contribution >= 4 is 29.1 Å². The van der Waals surface area contributed by atoms with E-state index >= 15 is 0 Å². The maximum Gasteiger partial charge on any atom is 0.222 e. The highest BCUT2D eigenvalue weighted by Crippen LogP contribution is 2.32. The number of amides is 1. The van der Waals surface area contributed by atoms with Gasteiger partial charge in [0.1, 0.15) is 5.75 Å². The molecule has 0 bridgehead atoms. The van der Waals surface area contributed by atoms with Gasteiger partial charge in [-0.25, -0.2) is 0 Å². The minimum absolute atomic E-state index is 0.280. The van der Waals surface area contributed by atoms with Crippen molar-refractivity contribution in [3.8, 4) is 5.75 Å². The summed E-state index contributed by atoms with van der Waals surface area (Å²) in [6.45, 7) is 5.89. The Kier molecular flexibility index (Phi) is 7.47. The summed E-state index contributed by atoms with van der Waals surface area (Å²) < 4.78 is 5.74. The summed E-state index contributed by atoms with van der Waals surface area (Å²) in [5, 5.41) is 4.53. The topological polar surface area (TPSA) is 41.6 Å². The second-order valence-corrected chi connectivity index (χ2v) is 6.58. The average Bonchev–Trinajstić information content (AvgIpc) is 2.91. The van der Waals surface area contributed by atoms with E-state index in [1.54, 1.807) is 6.07 Å². The van der Waals surface area contributed by atoms with Crippen LogP contribution < -0.4 is 10.1 Å². The van der Waals surface area contributed by atoms with Crippen LogP contribution in [0.3, 0.4) is 0 Å². The van der Waals surface area contributed by atoms with Crippen LogP contribution in [-0.4, -0.2) is 37.0 Å². The van der Waals surface area contributed by atoms with E-state index in [-0.39, 0.29) is 5.91 Å². The summed E-state index contributed by atoms with van der Waals surface area (Å²) in [4.78, 5) is 13.5. The molecule has 0 saturated carbocycles. The van der Waals surface area contributed by atoms with E-state index in [0.29, 0.717) is 35.4 Å². The van der Waals surface area contributed by atoms with Gasteiger partial charge in [0.25, 0.3) is 0 Å². The Hall–Kier alpha value is -0.970. The Morgan fingerprint density at radius 3 is 2.87 bits per heavy atom. The zero-order valence-electron chi connectivity index (χ0n) is 13.5. The van der Waals surface area contributed by atoms with Gasteiger partial charge in [0, 0.05) is 36.6 Å². The number of ether oxygens (including phenoxy) is 1. The molecule has 23 heavy (non-hydrogen) atoms. The molecule has 1 fully saturated rings. The quantitative estimate of drug-likeness (QED) is 0.681. The molecule has 6 heteroatoms. The monoisotopic (exact) mass is 358 g/mol. The molecular formula is C17H24Cl2N2O2. The summed E-state index contributed by atoms with van der Waals surface area (Å²) in [5.74, 6) is 0.988. The molecule has 2 rings (SSSR count). The lowest BCUT2D eigenvalue weighted by atomic mass is 10.2. The molecule has 1 aliphatic rings. The molecule has 1 saturated heterocycles. The van der Waals surface area contributed by atoms with Crippen molar-refractivity contribution in [2.75, 3.05) is 26.2 Å². The third-order valence-electron chi connectivity index (χ3n) is 3.80. The normalized spacial score (nSPS) is 14.6. The van der Waals surface area contributed by atoms with Gasteiger partial charge >= 0.3 is 0 Å². The van der Waals surface area contributed by atoms with Crippen LogP contribution in [0.4, 0.5) is 0 Å². The largest absolute Gasteiger partial charge is 0.492 e. The summed E-state index contributed by atoms with van der Waals surface area (Å²) in [7, 11) is 0. The summed E-state index contributed by atoms with van der Waals surface area (Å²) >= 11 is 12.3. The van der Waals surface area contributed by atoms with Gasteiger partial charge in [-0.2, -0.15) is 0 Å². The average molecular weight is 359 g/mol. The van der Waals surface area contributed by atoms with Crippen molar-refractivity contribution in [2.45, 2.75) is 39.2 Å². The molecule has 1 aromatic rings. The summed E-state index contributed by atoms with van der Waals surface area (Å²) in [6.07, 6.45) is 3.55. The van der Waals surface area contributed by atoms with Crippen molar-refractivity contribution in [3.05, 3.63) is 27.7 Å². The maximum absolute atomic E-state index is 11.5. The smallest absolute Gasteiger partial charge is 0.222 e. The Morgan fingerprint density at radius 2 is 2.17 bits per heavy atom. The highest BCUT2D eigenvalue weighted by atomic mass is 35.5. The number of nitrogens with one attached hydrogen (secondary N) is 1. The van der Waals surface area contributed by atoms with E-state index in [0.717, 1.165) is 44.5 Å². The first kappa shape index (κ1) is 18.4. The molecule has 1 N–H and O–H groups in total. The van der Waals surface area contributed by atoms with Gasteiger partial charge < -0.3 is 15.0 Å².